The first-order valence-electron chi connectivity index (χ1n) is 12.1. The van der Waals surface area contributed by atoms with E-state index in [4.69, 9.17) is 4.74 Å². The Morgan fingerprint density at radius 2 is 1.75 bits per heavy atom. The van der Waals surface area contributed by atoms with Crippen molar-refractivity contribution in [2.24, 2.45) is 5.92 Å². The van der Waals surface area contributed by atoms with Crippen LogP contribution in [-0.2, 0) is 20.9 Å². The molecule has 2 heterocycles. The van der Waals surface area contributed by atoms with Crippen molar-refractivity contribution in [2.45, 2.75) is 57.7 Å². The Morgan fingerprint density at radius 3 is 2.41 bits per heavy atom. The lowest BCUT2D eigenvalue weighted by atomic mass is 9.94. The van der Waals surface area contributed by atoms with Crippen LogP contribution in [0.4, 0.5) is 0 Å². The molecule has 0 saturated carbocycles. The van der Waals surface area contributed by atoms with E-state index in [1.54, 1.807) is 7.11 Å². The van der Waals surface area contributed by atoms with Crippen LogP contribution in [0.25, 0.3) is 0 Å². The standard InChI is InChI=1S/C25H40N4O3/c1-20(29-16-9-22(10-17-29)25(31)26-13-6-18-32-2)24(30)27-23-11-14-28(15-12-23)19-21-7-4-3-5-8-21/h3-5,7-8,20,22-23H,6,9-19H2,1-2H3,(H,26,31)(H,27,30). The molecule has 1 aromatic rings. The Bertz CT molecular complexity index is 698. The summed E-state index contributed by atoms with van der Waals surface area (Å²) < 4.78 is 5.02. The maximum absolute atomic E-state index is 12.8. The summed E-state index contributed by atoms with van der Waals surface area (Å²) in [5, 5.41) is 6.28. The third kappa shape index (κ3) is 7.57. The van der Waals surface area contributed by atoms with Crippen LogP contribution in [0.15, 0.2) is 30.3 Å². The van der Waals surface area contributed by atoms with Crippen molar-refractivity contribution in [1.82, 2.24) is 20.4 Å². The lowest BCUT2D eigenvalue weighted by Crippen LogP contribution is -2.53. The lowest BCUT2D eigenvalue weighted by Gasteiger charge is -2.37. The van der Waals surface area contributed by atoms with Gasteiger partial charge in [0.2, 0.25) is 11.8 Å². The molecule has 2 amide bonds. The van der Waals surface area contributed by atoms with E-state index in [9.17, 15) is 9.59 Å². The molecule has 0 radical (unpaired) electrons. The zero-order chi connectivity index (χ0) is 22.8. The first kappa shape index (κ1) is 24.7. The van der Waals surface area contributed by atoms with Crippen LogP contribution in [-0.4, -0.2) is 80.1 Å². The smallest absolute Gasteiger partial charge is 0.237 e. The van der Waals surface area contributed by atoms with Crippen molar-refractivity contribution in [2.75, 3.05) is 46.4 Å². The molecule has 2 N–H and O–H groups in total. The number of piperidine rings is 2. The molecule has 2 saturated heterocycles. The van der Waals surface area contributed by atoms with Crippen LogP contribution in [0.3, 0.4) is 0 Å². The quantitative estimate of drug-likeness (QED) is 0.540. The molecule has 2 aliphatic heterocycles. The van der Waals surface area contributed by atoms with Gasteiger partial charge in [0.05, 0.1) is 6.04 Å². The number of nitrogens with one attached hydrogen (secondary N) is 2. The molecule has 1 unspecified atom stereocenters. The van der Waals surface area contributed by atoms with Gasteiger partial charge in [-0.15, -0.1) is 0 Å². The summed E-state index contributed by atoms with van der Waals surface area (Å²) in [6, 6.07) is 10.7. The van der Waals surface area contributed by atoms with Gasteiger partial charge >= 0.3 is 0 Å². The van der Waals surface area contributed by atoms with Crippen molar-refractivity contribution < 1.29 is 14.3 Å². The number of likely N-dealkylation sites (tertiary alicyclic amines) is 2. The summed E-state index contributed by atoms with van der Waals surface area (Å²) in [5.41, 5.74) is 1.34. The SMILES string of the molecule is COCCCNC(=O)C1CCN(C(C)C(=O)NC2CCN(Cc3ccccc3)CC2)CC1. The molecule has 32 heavy (non-hydrogen) atoms. The van der Waals surface area contributed by atoms with E-state index >= 15 is 0 Å². The summed E-state index contributed by atoms with van der Waals surface area (Å²) in [6.07, 6.45) is 4.45. The van der Waals surface area contributed by atoms with Crippen LogP contribution in [0.1, 0.15) is 44.6 Å². The molecule has 1 atom stereocenters. The zero-order valence-electron chi connectivity index (χ0n) is 19.7. The predicted octanol–water partition coefficient (Wildman–Crippen LogP) is 2.02. The van der Waals surface area contributed by atoms with Gasteiger partial charge in [-0.3, -0.25) is 19.4 Å². The number of carbonyl (C=O) groups excluding carboxylic acids is 2. The highest BCUT2D eigenvalue weighted by Gasteiger charge is 2.31. The number of ether oxygens (including phenoxy) is 1. The van der Waals surface area contributed by atoms with E-state index in [-0.39, 0.29) is 29.8 Å². The van der Waals surface area contributed by atoms with Gasteiger partial charge in [0.25, 0.3) is 0 Å². The Balaban J connectivity index is 1.33. The minimum absolute atomic E-state index is 0.0537. The average molecular weight is 445 g/mol. The summed E-state index contributed by atoms with van der Waals surface area (Å²) in [6.45, 7) is 7.91. The third-order valence-electron chi connectivity index (χ3n) is 6.83. The fourth-order valence-electron chi connectivity index (χ4n) is 4.69. The Kier molecular flexibility index (Phi) is 9.96. The molecule has 1 aromatic carbocycles. The van der Waals surface area contributed by atoms with E-state index in [0.29, 0.717) is 13.2 Å². The molecule has 0 aromatic heterocycles. The Labute approximate surface area is 192 Å². The number of benzene rings is 1. The van der Waals surface area contributed by atoms with Crippen molar-refractivity contribution in [3.8, 4) is 0 Å². The van der Waals surface area contributed by atoms with Gasteiger partial charge in [0.15, 0.2) is 0 Å². The van der Waals surface area contributed by atoms with E-state index in [0.717, 1.165) is 64.8 Å². The summed E-state index contributed by atoms with van der Waals surface area (Å²) in [7, 11) is 1.67. The summed E-state index contributed by atoms with van der Waals surface area (Å²) in [4.78, 5) is 29.8. The molecule has 0 bridgehead atoms. The number of methoxy groups -OCH3 is 1. The van der Waals surface area contributed by atoms with Crippen LogP contribution < -0.4 is 10.6 Å². The molecule has 3 rings (SSSR count). The number of carbonyl (C=O) groups is 2. The van der Waals surface area contributed by atoms with E-state index in [1.165, 1.54) is 5.56 Å². The van der Waals surface area contributed by atoms with Crippen LogP contribution >= 0.6 is 0 Å². The minimum atomic E-state index is -0.150. The molecule has 178 valence electrons. The fourth-order valence-corrected chi connectivity index (χ4v) is 4.69. The van der Waals surface area contributed by atoms with Gasteiger partial charge in [-0.2, -0.15) is 0 Å². The Hall–Kier alpha value is -1.96. The summed E-state index contributed by atoms with van der Waals surface area (Å²) in [5.74, 6) is 0.312. The van der Waals surface area contributed by atoms with Gasteiger partial charge in [-0.05, 0) is 57.7 Å². The molecule has 0 aliphatic carbocycles. The molecular formula is C25H40N4O3. The van der Waals surface area contributed by atoms with Gasteiger partial charge in [-0.1, -0.05) is 30.3 Å². The lowest BCUT2D eigenvalue weighted by molar-refractivity contribution is -0.129. The number of rotatable bonds is 10. The molecule has 2 aliphatic rings. The van der Waals surface area contributed by atoms with Crippen LogP contribution in [0.2, 0.25) is 0 Å². The second-order valence-electron chi connectivity index (χ2n) is 9.17. The topological polar surface area (TPSA) is 73.9 Å². The number of nitrogens with zero attached hydrogens (tertiary/aromatic N) is 2. The van der Waals surface area contributed by atoms with Crippen molar-refractivity contribution in [3.63, 3.8) is 0 Å². The van der Waals surface area contributed by atoms with Crippen LogP contribution in [0.5, 0.6) is 0 Å². The molecule has 0 spiro atoms. The van der Waals surface area contributed by atoms with Gasteiger partial charge < -0.3 is 15.4 Å². The monoisotopic (exact) mass is 444 g/mol. The highest BCUT2D eigenvalue weighted by molar-refractivity contribution is 5.82. The zero-order valence-corrected chi connectivity index (χ0v) is 19.7. The maximum Gasteiger partial charge on any atom is 0.237 e. The first-order valence-corrected chi connectivity index (χ1v) is 12.1. The van der Waals surface area contributed by atoms with Gasteiger partial charge in [-0.25, -0.2) is 0 Å². The van der Waals surface area contributed by atoms with E-state index < -0.39 is 0 Å². The molecule has 2 fully saturated rings. The fraction of sp³-hybridized carbons (Fsp3) is 0.680. The van der Waals surface area contributed by atoms with Gasteiger partial charge in [0, 0.05) is 51.9 Å². The molecule has 7 heteroatoms. The predicted molar refractivity (Wildman–Crippen MR) is 126 cm³/mol. The number of hydrogen-bond donors (Lipinski definition) is 2. The second kappa shape index (κ2) is 12.9. The van der Waals surface area contributed by atoms with E-state index in [2.05, 4.69) is 44.7 Å². The Morgan fingerprint density at radius 1 is 1.06 bits per heavy atom. The number of amides is 2. The minimum Gasteiger partial charge on any atom is -0.385 e. The number of hydrogen-bond acceptors (Lipinski definition) is 5. The third-order valence-corrected chi connectivity index (χ3v) is 6.83. The largest absolute Gasteiger partial charge is 0.385 e. The average Bonchev–Trinajstić information content (AvgIpc) is 2.83. The van der Waals surface area contributed by atoms with Crippen molar-refractivity contribution in [3.05, 3.63) is 35.9 Å². The highest BCUT2D eigenvalue weighted by Crippen LogP contribution is 2.20. The van der Waals surface area contributed by atoms with Crippen molar-refractivity contribution in [1.29, 1.82) is 0 Å². The maximum atomic E-state index is 12.8. The molecule has 7 nitrogen and oxygen atoms in total. The van der Waals surface area contributed by atoms with Crippen LogP contribution in [0, 0.1) is 5.92 Å². The van der Waals surface area contributed by atoms with E-state index in [1.807, 2.05) is 13.0 Å². The van der Waals surface area contributed by atoms with Crippen molar-refractivity contribution >= 4 is 11.8 Å². The normalized spacial score (nSPS) is 20.1. The summed E-state index contributed by atoms with van der Waals surface area (Å²) >= 11 is 0. The molecular weight excluding hydrogens is 404 g/mol. The highest BCUT2D eigenvalue weighted by atomic mass is 16.5. The second-order valence-corrected chi connectivity index (χ2v) is 9.17. The first-order chi connectivity index (χ1) is 15.6. The van der Waals surface area contributed by atoms with Gasteiger partial charge in [0.1, 0.15) is 0 Å².